The Balaban J connectivity index is 1.81. The minimum atomic E-state index is -0.767. The first-order chi connectivity index (χ1) is 15.5. The molecule has 1 aliphatic rings. The van der Waals surface area contributed by atoms with Gasteiger partial charge in [0.05, 0.1) is 18.6 Å². The van der Waals surface area contributed by atoms with E-state index in [1.165, 1.54) is 43.5 Å². The number of carbonyl (C=O) groups is 2. The summed E-state index contributed by atoms with van der Waals surface area (Å²) in [6, 6.07) is 17.6. The molecular formula is C25H22F2N2O3. The Morgan fingerprint density at radius 3 is 2.25 bits per heavy atom. The third-order valence-electron chi connectivity index (χ3n) is 5.58. The molecule has 7 heteroatoms. The third-order valence-corrected chi connectivity index (χ3v) is 5.58. The summed E-state index contributed by atoms with van der Waals surface area (Å²) in [6.07, 6.45) is 0. The second-order valence-electron chi connectivity index (χ2n) is 7.55. The smallest absolute Gasteiger partial charge is 0.254 e. The number of hydrogen-bond acceptors (Lipinski definition) is 3. The number of benzene rings is 3. The average Bonchev–Trinajstić information content (AvgIpc) is 2.80. The van der Waals surface area contributed by atoms with Crippen LogP contribution in [0.15, 0.2) is 72.8 Å². The Labute approximate surface area is 184 Å². The minimum Gasteiger partial charge on any atom is -0.383 e. The van der Waals surface area contributed by atoms with Crippen LogP contribution in [-0.4, -0.2) is 37.0 Å². The first-order valence-electron chi connectivity index (χ1n) is 10.2. The van der Waals surface area contributed by atoms with Crippen molar-refractivity contribution in [3.05, 3.63) is 101 Å². The topological polar surface area (TPSA) is 58.6 Å². The van der Waals surface area contributed by atoms with Gasteiger partial charge in [-0.1, -0.05) is 30.3 Å². The second-order valence-corrected chi connectivity index (χ2v) is 7.55. The van der Waals surface area contributed by atoms with Gasteiger partial charge in [-0.3, -0.25) is 9.59 Å². The Kier molecular flexibility index (Phi) is 6.28. The average molecular weight is 436 g/mol. The number of carbonyl (C=O) groups excluding carboxylic acids is 2. The second kappa shape index (κ2) is 9.28. The molecule has 0 saturated carbocycles. The highest BCUT2D eigenvalue weighted by molar-refractivity contribution is 6.04. The summed E-state index contributed by atoms with van der Waals surface area (Å²) < 4.78 is 32.1. The van der Waals surface area contributed by atoms with Gasteiger partial charge < -0.3 is 15.0 Å². The van der Waals surface area contributed by atoms with Crippen molar-refractivity contribution in [3.63, 3.8) is 0 Å². The molecule has 0 aliphatic carbocycles. The lowest BCUT2D eigenvalue weighted by Gasteiger charge is -2.41. The number of rotatable bonds is 6. The monoisotopic (exact) mass is 436 g/mol. The Hall–Kier alpha value is -3.58. The maximum absolute atomic E-state index is 13.6. The summed E-state index contributed by atoms with van der Waals surface area (Å²) in [5.41, 5.74) is 2.08. The van der Waals surface area contributed by atoms with Gasteiger partial charge in [0.15, 0.2) is 0 Å². The summed E-state index contributed by atoms with van der Waals surface area (Å²) in [7, 11) is 1.54. The molecule has 3 aromatic rings. The highest BCUT2D eigenvalue weighted by atomic mass is 19.1. The SMILES string of the molecule is COCCN1C(=O)c2ccccc2C(C(=O)Nc2ccc(F)cc2)C1c1ccc(F)cc1. The van der Waals surface area contributed by atoms with Crippen molar-refractivity contribution in [1.29, 1.82) is 0 Å². The van der Waals surface area contributed by atoms with Gasteiger partial charge in [0.2, 0.25) is 5.91 Å². The molecule has 0 spiro atoms. The van der Waals surface area contributed by atoms with Gasteiger partial charge in [0, 0.05) is 24.9 Å². The molecule has 164 valence electrons. The summed E-state index contributed by atoms with van der Waals surface area (Å²) in [4.78, 5) is 28.5. The minimum absolute atomic E-state index is 0.224. The van der Waals surface area contributed by atoms with Crippen molar-refractivity contribution in [3.8, 4) is 0 Å². The van der Waals surface area contributed by atoms with Crippen LogP contribution in [0.3, 0.4) is 0 Å². The summed E-state index contributed by atoms with van der Waals surface area (Å²) in [5.74, 6) is -2.17. The van der Waals surface area contributed by atoms with Gasteiger partial charge in [0.1, 0.15) is 11.6 Å². The van der Waals surface area contributed by atoms with Crippen LogP contribution in [0.1, 0.15) is 33.4 Å². The van der Waals surface area contributed by atoms with E-state index in [9.17, 15) is 18.4 Å². The number of ether oxygens (including phenoxy) is 1. The van der Waals surface area contributed by atoms with Gasteiger partial charge in [-0.25, -0.2) is 8.78 Å². The van der Waals surface area contributed by atoms with Gasteiger partial charge in [0.25, 0.3) is 5.91 Å². The van der Waals surface area contributed by atoms with Gasteiger partial charge >= 0.3 is 0 Å². The highest BCUT2D eigenvalue weighted by Gasteiger charge is 2.44. The molecule has 4 rings (SSSR count). The number of fused-ring (bicyclic) bond motifs is 1. The number of hydrogen-bond donors (Lipinski definition) is 1. The zero-order valence-electron chi connectivity index (χ0n) is 17.4. The highest BCUT2D eigenvalue weighted by Crippen LogP contribution is 2.43. The van der Waals surface area contributed by atoms with Crippen LogP contribution in [0.2, 0.25) is 0 Å². The van der Waals surface area contributed by atoms with Gasteiger partial charge in [-0.15, -0.1) is 0 Å². The van der Waals surface area contributed by atoms with E-state index in [1.807, 2.05) is 0 Å². The van der Waals surface area contributed by atoms with Crippen LogP contribution >= 0.6 is 0 Å². The Morgan fingerprint density at radius 1 is 0.969 bits per heavy atom. The van der Waals surface area contributed by atoms with Crippen LogP contribution in [-0.2, 0) is 9.53 Å². The van der Waals surface area contributed by atoms with E-state index in [1.54, 1.807) is 41.3 Å². The van der Waals surface area contributed by atoms with Crippen molar-refractivity contribution < 1.29 is 23.1 Å². The number of halogens is 2. The van der Waals surface area contributed by atoms with E-state index in [0.717, 1.165) is 0 Å². The summed E-state index contributed by atoms with van der Waals surface area (Å²) >= 11 is 0. The predicted molar refractivity (Wildman–Crippen MR) is 116 cm³/mol. The number of nitrogens with zero attached hydrogens (tertiary/aromatic N) is 1. The largest absolute Gasteiger partial charge is 0.383 e. The fraction of sp³-hybridized carbons (Fsp3) is 0.200. The molecule has 2 atom stereocenters. The van der Waals surface area contributed by atoms with Crippen molar-refractivity contribution in [2.45, 2.75) is 12.0 Å². The summed E-state index contributed by atoms with van der Waals surface area (Å²) in [5, 5.41) is 2.83. The first-order valence-corrected chi connectivity index (χ1v) is 10.2. The first kappa shape index (κ1) is 21.6. The summed E-state index contributed by atoms with van der Waals surface area (Å²) in [6.45, 7) is 0.532. The molecule has 0 aromatic heterocycles. The van der Waals surface area contributed by atoms with Crippen LogP contribution in [0.25, 0.3) is 0 Å². The van der Waals surface area contributed by atoms with Crippen LogP contribution in [0.4, 0.5) is 14.5 Å². The molecule has 1 heterocycles. The molecule has 3 aromatic carbocycles. The molecule has 0 bridgehead atoms. The molecule has 2 amide bonds. The molecule has 1 aliphatic heterocycles. The maximum atomic E-state index is 13.6. The van der Waals surface area contributed by atoms with Crippen LogP contribution < -0.4 is 5.32 Å². The lowest BCUT2D eigenvalue weighted by atomic mass is 9.79. The van der Waals surface area contributed by atoms with Crippen LogP contribution in [0.5, 0.6) is 0 Å². The number of anilines is 1. The molecule has 1 N–H and O–H groups in total. The van der Waals surface area contributed by atoms with Gasteiger partial charge in [-0.2, -0.15) is 0 Å². The lowest BCUT2D eigenvalue weighted by Crippen LogP contribution is -2.47. The maximum Gasteiger partial charge on any atom is 0.254 e. The van der Waals surface area contributed by atoms with E-state index in [2.05, 4.69) is 5.32 Å². The fourth-order valence-corrected chi connectivity index (χ4v) is 4.09. The number of methoxy groups -OCH3 is 1. The molecule has 0 saturated heterocycles. The van der Waals surface area contributed by atoms with Gasteiger partial charge in [-0.05, 0) is 53.6 Å². The van der Waals surface area contributed by atoms with Crippen molar-refractivity contribution in [1.82, 2.24) is 4.90 Å². The lowest BCUT2D eigenvalue weighted by molar-refractivity contribution is -0.119. The van der Waals surface area contributed by atoms with E-state index in [4.69, 9.17) is 4.74 Å². The van der Waals surface area contributed by atoms with E-state index in [0.29, 0.717) is 22.4 Å². The van der Waals surface area contributed by atoms with Crippen molar-refractivity contribution >= 4 is 17.5 Å². The molecular weight excluding hydrogens is 414 g/mol. The molecule has 2 unspecified atom stereocenters. The van der Waals surface area contributed by atoms with E-state index >= 15 is 0 Å². The molecule has 0 radical (unpaired) electrons. The van der Waals surface area contributed by atoms with Crippen molar-refractivity contribution in [2.24, 2.45) is 0 Å². The molecule has 32 heavy (non-hydrogen) atoms. The van der Waals surface area contributed by atoms with Crippen LogP contribution in [0, 0.1) is 11.6 Å². The fourth-order valence-electron chi connectivity index (χ4n) is 4.09. The standard InChI is InChI=1S/C25H22F2N2O3/c1-32-15-14-29-23(16-6-8-17(26)9-7-16)22(20-4-2-3-5-21(20)25(29)31)24(30)28-19-12-10-18(27)11-13-19/h2-13,22-23H,14-15H2,1H3,(H,28,30). The van der Waals surface area contributed by atoms with E-state index < -0.39 is 23.6 Å². The normalized spacial score (nSPS) is 17.7. The zero-order valence-corrected chi connectivity index (χ0v) is 17.4. The molecule has 0 fully saturated rings. The molecule has 5 nitrogen and oxygen atoms in total. The number of nitrogens with one attached hydrogen (secondary N) is 1. The zero-order chi connectivity index (χ0) is 22.7. The Morgan fingerprint density at radius 2 is 1.59 bits per heavy atom. The third kappa shape index (κ3) is 4.24. The quantitative estimate of drug-likeness (QED) is 0.618. The predicted octanol–water partition coefficient (Wildman–Crippen LogP) is 4.53. The van der Waals surface area contributed by atoms with E-state index in [-0.39, 0.29) is 25.0 Å². The number of amides is 2. The Bertz CT molecular complexity index is 1120. The van der Waals surface area contributed by atoms with Crippen molar-refractivity contribution in [2.75, 3.05) is 25.6 Å².